The van der Waals surface area contributed by atoms with Crippen molar-refractivity contribution in [2.45, 2.75) is 25.2 Å². The van der Waals surface area contributed by atoms with Gasteiger partial charge in [-0.25, -0.2) is 9.07 Å². The number of benzene rings is 2. The maximum atomic E-state index is 13.0. The van der Waals surface area contributed by atoms with E-state index in [9.17, 15) is 9.18 Å². The normalized spacial score (nSPS) is 11.8. The molecule has 32 heavy (non-hydrogen) atoms. The lowest BCUT2D eigenvalue weighted by molar-refractivity contribution is -0.113. The molecule has 10 heteroatoms. The van der Waals surface area contributed by atoms with Crippen LogP contribution in [0, 0.1) is 12.7 Å². The Labute approximate surface area is 187 Å². The number of halogens is 1. The van der Waals surface area contributed by atoms with E-state index in [4.69, 9.17) is 9.15 Å². The Morgan fingerprint density at radius 2 is 1.94 bits per heavy atom. The SMILES string of the molecule is Cc1cc(NC(=O)CSc2nnc([C@H](C)Oc3ccc(F)cc3)o2)n(-c2ccccc2)n1. The molecule has 1 amide bonds. The molecule has 0 radical (unpaired) electrons. The smallest absolute Gasteiger partial charge is 0.277 e. The number of aromatic nitrogens is 4. The number of carbonyl (C=O) groups is 1. The molecule has 0 aliphatic carbocycles. The molecule has 0 spiro atoms. The first-order valence-corrected chi connectivity index (χ1v) is 10.8. The minimum atomic E-state index is -0.528. The van der Waals surface area contributed by atoms with E-state index in [0.29, 0.717) is 11.6 Å². The molecule has 0 saturated carbocycles. The van der Waals surface area contributed by atoms with Crippen LogP contribution in [0.4, 0.5) is 10.2 Å². The fraction of sp³-hybridized carbons (Fsp3) is 0.182. The summed E-state index contributed by atoms with van der Waals surface area (Å²) in [4.78, 5) is 12.5. The highest BCUT2D eigenvalue weighted by molar-refractivity contribution is 7.99. The molecule has 8 nitrogen and oxygen atoms in total. The first-order chi connectivity index (χ1) is 15.5. The lowest BCUT2D eigenvalue weighted by atomic mass is 10.3. The van der Waals surface area contributed by atoms with Gasteiger partial charge in [-0.05, 0) is 50.2 Å². The number of nitrogens with zero attached hydrogens (tertiary/aromatic N) is 4. The molecule has 1 N–H and O–H groups in total. The summed E-state index contributed by atoms with van der Waals surface area (Å²) in [5.74, 6) is 0.815. The Morgan fingerprint density at radius 3 is 2.69 bits per heavy atom. The van der Waals surface area contributed by atoms with Crippen LogP contribution in [0.1, 0.15) is 24.6 Å². The third-order valence-electron chi connectivity index (χ3n) is 4.32. The molecule has 0 aliphatic heterocycles. The van der Waals surface area contributed by atoms with Crippen LogP contribution in [0.25, 0.3) is 5.69 Å². The average molecular weight is 453 g/mol. The summed E-state index contributed by atoms with van der Waals surface area (Å²) < 4.78 is 25.9. The zero-order chi connectivity index (χ0) is 22.5. The number of rotatable bonds is 8. The van der Waals surface area contributed by atoms with Crippen molar-refractivity contribution < 1.29 is 18.3 Å². The van der Waals surface area contributed by atoms with Gasteiger partial charge in [0, 0.05) is 6.07 Å². The molecule has 0 bridgehead atoms. The molecular weight excluding hydrogens is 433 g/mol. The number of thioether (sulfide) groups is 1. The van der Waals surface area contributed by atoms with Crippen molar-refractivity contribution in [1.82, 2.24) is 20.0 Å². The second kappa shape index (κ2) is 9.65. The standard InChI is InChI=1S/C22H20FN5O3S/c1-14-12-19(28(27-14)17-6-4-3-5-7-17)24-20(29)13-32-22-26-25-21(31-22)15(2)30-18-10-8-16(23)9-11-18/h3-12,15H,13H2,1-2H3,(H,24,29)/t15-/m0/s1. The number of anilines is 1. The Bertz CT molecular complexity index is 1190. The molecule has 4 aromatic rings. The number of para-hydroxylation sites is 1. The van der Waals surface area contributed by atoms with Crippen LogP contribution in [0.15, 0.2) is 70.3 Å². The van der Waals surface area contributed by atoms with Crippen molar-refractivity contribution in [3.8, 4) is 11.4 Å². The Balaban J connectivity index is 1.33. The zero-order valence-electron chi connectivity index (χ0n) is 17.4. The summed E-state index contributed by atoms with van der Waals surface area (Å²) in [7, 11) is 0. The number of amides is 1. The molecule has 0 saturated heterocycles. The highest BCUT2D eigenvalue weighted by Gasteiger charge is 2.18. The minimum absolute atomic E-state index is 0.0772. The van der Waals surface area contributed by atoms with E-state index < -0.39 is 6.10 Å². The first kappa shape index (κ1) is 21.6. The lowest BCUT2D eigenvalue weighted by Gasteiger charge is -2.10. The maximum Gasteiger partial charge on any atom is 0.277 e. The van der Waals surface area contributed by atoms with Crippen LogP contribution < -0.4 is 10.1 Å². The van der Waals surface area contributed by atoms with Crippen LogP contribution >= 0.6 is 11.8 Å². The van der Waals surface area contributed by atoms with Crippen LogP contribution in [0.5, 0.6) is 5.75 Å². The van der Waals surface area contributed by atoms with Gasteiger partial charge in [0.15, 0.2) is 6.10 Å². The molecule has 2 aromatic heterocycles. The fourth-order valence-electron chi connectivity index (χ4n) is 2.87. The van der Waals surface area contributed by atoms with Crippen molar-refractivity contribution >= 4 is 23.5 Å². The Hall–Kier alpha value is -3.66. The molecule has 2 heterocycles. The van der Waals surface area contributed by atoms with Crippen molar-refractivity contribution in [1.29, 1.82) is 0 Å². The average Bonchev–Trinajstić information content (AvgIpc) is 3.41. The Morgan fingerprint density at radius 1 is 1.19 bits per heavy atom. The summed E-state index contributed by atoms with van der Waals surface area (Å²) in [5.41, 5.74) is 1.63. The van der Waals surface area contributed by atoms with Gasteiger partial charge >= 0.3 is 0 Å². The Kier molecular flexibility index (Phi) is 6.50. The molecular formula is C22H20FN5O3S. The van der Waals surface area contributed by atoms with Gasteiger partial charge in [-0.15, -0.1) is 10.2 Å². The van der Waals surface area contributed by atoms with E-state index in [2.05, 4.69) is 20.6 Å². The van der Waals surface area contributed by atoms with Gasteiger partial charge in [0.05, 0.1) is 17.1 Å². The monoisotopic (exact) mass is 453 g/mol. The summed E-state index contributed by atoms with van der Waals surface area (Å²) in [6, 6.07) is 17.0. The van der Waals surface area contributed by atoms with E-state index in [1.54, 1.807) is 17.7 Å². The summed E-state index contributed by atoms with van der Waals surface area (Å²) >= 11 is 1.12. The minimum Gasteiger partial charge on any atom is -0.481 e. The second-order valence-electron chi connectivity index (χ2n) is 6.88. The third-order valence-corrected chi connectivity index (χ3v) is 5.14. The number of aryl methyl sites for hydroxylation is 1. The number of hydrogen-bond donors (Lipinski definition) is 1. The molecule has 164 valence electrons. The predicted molar refractivity (Wildman–Crippen MR) is 117 cm³/mol. The van der Waals surface area contributed by atoms with Gasteiger partial charge in [0.2, 0.25) is 5.91 Å². The van der Waals surface area contributed by atoms with Gasteiger partial charge in [-0.2, -0.15) is 5.10 Å². The van der Waals surface area contributed by atoms with Crippen LogP contribution in [0.2, 0.25) is 0 Å². The van der Waals surface area contributed by atoms with E-state index >= 15 is 0 Å². The van der Waals surface area contributed by atoms with E-state index in [1.165, 1.54) is 24.3 Å². The van der Waals surface area contributed by atoms with E-state index in [-0.39, 0.29) is 28.6 Å². The first-order valence-electron chi connectivity index (χ1n) is 9.78. The molecule has 0 fully saturated rings. The molecule has 1 atom stereocenters. The zero-order valence-corrected chi connectivity index (χ0v) is 18.2. The van der Waals surface area contributed by atoms with Crippen molar-refractivity contribution in [2.24, 2.45) is 0 Å². The van der Waals surface area contributed by atoms with E-state index in [0.717, 1.165) is 23.1 Å². The molecule has 0 aliphatic rings. The van der Waals surface area contributed by atoms with Gasteiger partial charge in [-0.1, -0.05) is 30.0 Å². The van der Waals surface area contributed by atoms with Crippen molar-refractivity contribution in [3.05, 3.63) is 78.1 Å². The molecule has 2 aromatic carbocycles. The molecule has 4 rings (SSSR count). The molecule has 0 unspecified atom stereocenters. The second-order valence-corrected chi connectivity index (χ2v) is 7.80. The number of nitrogens with one attached hydrogen (secondary N) is 1. The summed E-state index contributed by atoms with van der Waals surface area (Å²) in [6.45, 7) is 3.60. The highest BCUT2D eigenvalue weighted by Crippen LogP contribution is 2.24. The van der Waals surface area contributed by atoms with Crippen molar-refractivity contribution in [2.75, 3.05) is 11.1 Å². The number of carbonyl (C=O) groups excluding carboxylic acids is 1. The largest absolute Gasteiger partial charge is 0.481 e. The topological polar surface area (TPSA) is 95.1 Å². The van der Waals surface area contributed by atoms with Crippen LogP contribution in [-0.2, 0) is 4.79 Å². The summed E-state index contributed by atoms with van der Waals surface area (Å²) in [5, 5.41) is 15.5. The van der Waals surface area contributed by atoms with Gasteiger partial charge in [0.25, 0.3) is 11.1 Å². The van der Waals surface area contributed by atoms with Gasteiger partial charge in [-0.3, -0.25) is 4.79 Å². The van der Waals surface area contributed by atoms with Gasteiger partial charge < -0.3 is 14.5 Å². The van der Waals surface area contributed by atoms with Crippen molar-refractivity contribution in [3.63, 3.8) is 0 Å². The van der Waals surface area contributed by atoms with E-state index in [1.807, 2.05) is 37.3 Å². The van der Waals surface area contributed by atoms with Gasteiger partial charge in [0.1, 0.15) is 17.4 Å². The van der Waals surface area contributed by atoms with Crippen LogP contribution in [0.3, 0.4) is 0 Å². The predicted octanol–water partition coefficient (Wildman–Crippen LogP) is 4.57. The maximum absolute atomic E-state index is 13.0. The lowest BCUT2D eigenvalue weighted by Crippen LogP contribution is -2.16. The number of hydrogen-bond acceptors (Lipinski definition) is 7. The third kappa shape index (κ3) is 5.33. The van der Waals surface area contributed by atoms with Crippen LogP contribution in [-0.4, -0.2) is 31.6 Å². The fourth-order valence-corrected chi connectivity index (χ4v) is 3.44. The highest BCUT2D eigenvalue weighted by atomic mass is 32.2. The number of ether oxygens (including phenoxy) is 1. The summed E-state index contributed by atoms with van der Waals surface area (Å²) in [6.07, 6.45) is -0.528. The quantitative estimate of drug-likeness (QED) is 0.390.